The summed E-state index contributed by atoms with van der Waals surface area (Å²) in [5.74, 6) is -14.0. The monoisotopic (exact) mass is 548 g/mol. The van der Waals surface area contributed by atoms with Crippen LogP contribution >= 0.6 is 0 Å². The lowest BCUT2D eigenvalue weighted by Crippen LogP contribution is -2.77. The van der Waals surface area contributed by atoms with Crippen molar-refractivity contribution in [2.24, 2.45) is 29.4 Å². The molecule has 5 rings (SSSR count). The smallest absolute Gasteiger partial charge is 0.235 e. The zero-order chi connectivity index (χ0) is 29.4. The van der Waals surface area contributed by atoms with Crippen molar-refractivity contribution in [1.29, 1.82) is 0 Å². The Labute approximate surface area is 228 Å². The number of hydrogen-bond acceptors (Lipinski definition) is 10. The number of nitrogens with two attached hydrogens (primary N) is 1. The molecule has 2 aromatic carbocycles. The summed E-state index contributed by atoms with van der Waals surface area (Å²) in [6, 6.07) is 7.91. The van der Waals surface area contributed by atoms with Crippen LogP contribution in [0.5, 0.6) is 5.75 Å². The molecule has 2 unspecified atom stereocenters. The first-order chi connectivity index (χ1) is 18.8. The Morgan fingerprint density at radius 1 is 1.07 bits per heavy atom. The molecule has 3 aliphatic carbocycles. The maximum absolute atomic E-state index is 14.0. The Bertz CT molecular complexity index is 1510. The number of carbonyl (C=O) groups excluding carboxylic acids is 6. The van der Waals surface area contributed by atoms with Crippen LogP contribution in [0.15, 0.2) is 36.4 Å². The van der Waals surface area contributed by atoms with Crippen LogP contribution in [0.4, 0.5) is 0 Å². The van der Waals surface area contributed by atoms with E-state index in [2.05, 4.69) is 0 Å². The number of carbonyl (C=O) groups is 6. The zero-order valence-corrected chi connectivity index (χ0v) is 21.9. The lowest BCUT2D eigenvalue weighted by Gasteiger charge is -2.56. The van der Waals surface area contributed by atoms with Crippen molar-refractivity contribution in [1.82, 2.24) is 4.90 Å². The Morgan fingerprint density at radius 2 is 1.75 bits per heavy atom. The second kappa shape index (κ2) is 9.26. The van der Waals surface area contributed by atoms with Gasteiger partial charge in [-0.3, -0.25) is 33.7 Å². The number of amides is 1. The third-order valence-corrected chi connectivity index (χ3v) is 8.80. The van der Waals surface area contributed by atoms with Crippen LogP contribution in [-0.4, -0.2) is 87.4 Å². The number of hydrogen-bond donors (Lipinski definition) is 4. The number of benzene rings is 2. The Hall–Kier alpha value is -4.06. The van der Waals surface area contributed by atoms with E-state index in [1.165, 1.54) is 25.1 Å². The van der Waals surface area contributed by atoms with Gasteiger partial charge in [-0.2, -0.15) is 0 Å². The van der Waals surface area contributed by atoms with Crippen molar-refractivity contribution in [3.63, 3.8) is 0 Å². The van der Waals surface area contributed by atoms with Crippen molar-refractivity contribution >= 4 is 35.3 Å². The lowest BCUT2D eigenvalue weighted by molar-refractivity contribution is -0.196. The largest absolute Gasteiger partial charge is 0.507 e. The highest BCUT2D eigenvalue weighted by Gasteiger charge is 2.73. The number of phenolic OH excluding ortho intramolecular Hbond substituents is 1. The molecule has 8 atom stereocenters. The second-order valence-corrected chi connectivity index (χ2v) is 11.0. The van der Waals surface area contributed by atoms with E-state index < -0.39 is 82.1 Å². The maximum Gasteiger partial charge on any atom is 0.235 e. The third-order valence-electron chi connectivity index (χ3n) is 8.80. The number of aromatic hydroxyl groups is 1. The van der Waals surface area contributed by atoms with Gasteiger partial charge in [-0.1, -0.05) is 31.2 Å². The fourth-order valence-corrected chi connectivity index (χ4v) is 7.10. The van der Waals surface area contributed by atoms with Crippen LogP contribution in [0.3, 0.4) is 0 Å². The van der Waals surface area contributed by atoms with Gasteiger partial charge >= 0.3 is 0 Å². The number of Topliss-reactive ketones (excluding diaryl/α,β-unsaturated/α-hetero) is 4. The van der Waals surface area contributed by atoms with E-state index in [4.69, 9.17) is 5.73 Å². The first-order valence-electron chi connectivity index (χ1n) is 12.7. The number of phenols is 1. The first kappa shape index (κ1) is 27.5. The van der Waals surface area contributed by atoms with E-state index in [1.54, 1.807) is 37.3 Å². The number of rotatable bonds is 4. The first-order valence-corrected chi connectivity index (χ1v) is 12.7. The maximum atomic E-state index is 14.0. The van der Waals surface area contributed by atoms with Crippen LogP contribution in [0, 0.1) is 23.7 Å². The molecule has 11 nitrogen and oxygen atoms in total. The minimum absolute atomic E-state index is 0.208. The molecule has 2 fully saturated rings. The normalized spacial score (nSPS) is 33.3. The Kier molecular flexibility index (Phi) is 6.36. The second-order valence-electron chi connectivity index (χ2n) is 11.0. The molecule has 0 heterocycles. The number of aliphatic hydroxyl groups is 2. The molecule has 3 aliphatic rings. The minimum atomic E-state index is -3.05. The molecule has 1 amide bonds. The van der Waals surface area contributed by atoms with Gasteiger partial charge < -0.3 is 21.1 Å². The predicted molar refractivity (Wildman–Crippen MR) is 138 cm³/mol. The Morgan fingerprint density at radius 3 is 2.35 bits per heavy atom. The van der Waals surface area contributed by atoms with Gasteiger partial charge in [0.1, 0.15) is 12.0 Å². The average molecular weight is 549 g/mol. The van der Waals surface area contributed by atoms with E-state index in [1.807, 2.05) is 0 Å². The highest BCUT2D eigenvalue weighted by atomic mass is 16.3. The van der Waals surface area contributed by atoms with Crippen molar-refractivity contribution < 1.29 is 44.1 Å². The van der Waals surface area contributed by atoms with Crippen molar-refractivity contribution in [3.8, 4) is 16.9 Å². The van der Waals surface area contributed by atoms with Gasteiger partial charge in [-0.15, -0.1) is 0 Å². The molecule has 5 N–H and O–H groups in total. The van der Waals surface area contributed by atoms with E-state index >= 15 is 0 Å². The molecule has 40 heavy (non-hydrogen) atoms. The van der Waals surface area contributed by atoms with Crippen molar-refractivity contribution in [2.45, 2.75) is 30.6 Å². The van der Waals surface area contributed by atoms with Crippen LogP contribution in [0.2, 0.25) is 0 Å². The van der Waals surface area contributed by atoms with Gasteiger partial charge in [0, 0.05) is 11.5 Å². The number of nitrogens with zero attached hydrogens (tertiary/aromatic N) is 1. The highest BCUT2D eigenvalue weighted by Crippen LogP contribution is 2.55. The summed E-state index contributed by atoms with van der Waals surface area (Å²) in [6.45, 7) is 1.64. The quantitative estimate of drug-likeness (QED) is 0.296. The zero-order valence-electron chi connectivity index (χ0n) is 21.9. The SMILES string of the molecule is C[C@H]1c2c(-c3cccc(C=O)c3)ccc(O)c2C(=O)C2C(=O)[C@]3(O)C(=O)C(C(N)=O)C(=O)[C@@H](N(C)C)[C@@H]3[C@@H](O)[C@@H]21. The van der Waals surface area contributed by atoms with E-state index in [0.29, 0.717) is 28.5 Å². The fraction of sp³-hybridized carbons (Fsp3) is 0.379. The van der Waals surface area contributed by atoms with Crippen LogP contribution in [0.25, 0.3) is 11.1 Å². The number of aldehydes is 1. The van der Waals surface area contributed by atoms with E-state index in [0.717, 1.165) is 0 Å². The molecule has 0 aliphatic heterocycles. The molecule has 0 aromatic heterocycles. The summed E-state index contributed by atoms with van der Waals surface area (Å²) in [5.41, 5.74) is 3.76. The van der Waals surface area contributed by atoms with Crippen LogP contribution < -0.4 is 5.73 Å². The number of fused-ring (bicyclic) bond motifs is 3. The van der Waals surface area contributed by atoms with Gasteiger partial charge in [-0.25, -0.2) is 0 Å². The summed E-state index contributed by atoms with van der Waals surface area (Å²) in [4.78, 5) is 79.5. The summed E-state index contributed by atoms with van der Waals surface area (Å²) in [5, 5.41) is 34.3. The molecule has 2 aromatic rings. The number of aliphatic hydroxyl groups excluding tert-OH is 1. The van der Waals surface area contributed by atoms with Gasteiger partial charge in [0.25, 0.3) is 0 Å². The molecule has 0 saturated heterocycles. The summed E-state index contributed by atoms with van der Waals surface area (Å²) in [7, 11) is 2.86. The third kappa shape index (κ3) is 3.48. The number of primary amides is 1. The molecule has 208 valence electrons. The minimum Gasteiger partial charge on any atom is -0.507 e. The van der Waals surface area contributed by atoms with Gasteiger partial charge in [0.15, 0.2) is 34.7 Å². The van der Waals surface area contributed by atoms with Gasteiger partial charge in [-0.05, 0) is 48.8 Å². The van der Waals surface area contributed by atoms with Gasteiger partial charge in [0.05, 0.1) is 29.5 Å². The molecule has 2 saturated carbocycles. The van der Waals surface area contributed by atoms with Crippen molar-refractivity contribution in [2.75, 3.05) is 14.1 Å². The summed E-state index contributed by atoms with van der Waals surface area (Å²) in [6.07, 6.45) is -1.08. The fourth-order valence-electron chi connectivity index (χ4n) is 7.10. The molecular formula is C29H28N2O9. The standard InChI is InChI=1S/C29H28N2O9/c1-11-16-14(13-6-4-5-12(9-13)10-32)7-8-15(33)18(16)23(34)19-17(11)24(35)21-22(31(2)3)25(36)20(28(30)39)27(38)29(21,40)26(19)37/h4-11,17,19-22,24,33,35,40H,1-3H3,(H2,30,39)/t11-,17+,19?,20?,21+,22-,24-,29-/m0/s1. The molecule has 11 heteroatoms. The topological polar surface area (TPSA) is 192 Å². The summed E-state index contributed by atoms with van der Waals surface area (Å²) >= 11 is 0. The summed E-state index contributed by atoms with van der Waals surface area (Å²) < 4.78 is 0. The molecule has 0 spiro atoms. The van der Waals surface area contributed by atoms with Crippen LogP contribution in [0.1, 0.15) is 39.1 Å². The molecule has 0 bridgehead atoms. The molecule has 0 radical (unpaired) electrons. The van der Waals surface area contributed by atoms with E-state index in [-0.39, 0.29) is 5.56 Å². The Balaban J connectivity index is 1.75. The lowest BCUT2D eigenvalue weighted by atomic mass is 9.49. The van der Waals surface area contributed by atoms with Crippen molar-refractivity contribution in [3.05, 3.63) is 53.1 Å². The number of likely N-dealkylation sites (N-methyl/N-ethyl adjacent to an activating group) is 1. The van der Waals surface area contributed by atoms with Crippen LogP contribution in [-0.2, 0) is 19.2 Å². The average Bonchev–Trinajstić information content (AvgIpc) is 2.90. The van der Waals surface area contributed by atoms with Gasteiger partial charge in [0.2, 0.25) is 5.91 Å². The van der Waals surface area contributed by atoms with E-state index in [9.17, 15) is 44.1 Å². The number of ketones is 4. The predicted octanol–water partition coefficient (Wildman–Crippen LogP) is -0.122. The molecular weight excluding hydrogens is 520 g/mol. The highest BCUT2D eigenvalue weighted by molar-refractivity contribution is 6.32.